The third-order valence-corrected chi connectivity index (χ3v) is 7.13. The van der Waals surface area contributed by atoms with Crippen molar-refractivity contribution in [2.24, 2.45) is 0 Å². The fourth-order valence-corrected chi connectivity index (χ4v) is 4.82. The van der Waals surface area contributed by atoms with Crippen molar-refractivity contribution < 1.29 is 18.1 Å². The van der Waals surface area contributed by atoms with Crippen molar-refractivity contribution in [3.8, 4) is 0 Å². The van der Waals surface area contributed by atoms with E-state index in [1.165, 1.54) is 34.6 Å². The molecule has 1 heterocycles. The van der Waals surface area contributed by atoms with Crippen LogP contribution in [0.2, 0.25) is 5.02 Å². The van der Waals surface area contributed by atoms with Gasteiger partial charge < -0.3 is 10.2 Å². The van der Waals surface area contributed by atoms with Crippen molar-refractivity contribution in [2.75, 3.05) is 38.0 Å². The number of piperazine rings is 1. The summed E-state index contributed by atoms with van der Waals surface area (Å²) in [7, 11) is -3.69. The average molecular weight is 453 g/mol. The summed E-state index contributed by atoms with van der Waals surface area (Å²) in [6, 6.07) is 9.65. The topological polar surface area (TPSA) is 113 Å². The van der Waals surface area contributed by atoms with E-state index in [0.717, 1.165) is 12.6 Å². The van der Waals surface area contributed by atoms with E-state index in [9.17, 15) is 23.3 Å². The molecule has 2 aromatic carbocycles. The van der Waals surface area contributed by atoms with Crippen LogP contribution in [0, 0.1) is 10.1 Å². The molecule has 3 rings (SSSR count). The molecule has 0 aromatic heterocycles. The van der Waals surface area contributed by atoms with E-state index in [-0.39, 0.29) is 26.9 Å². The first-order valence-corrected chi connectivity index (χ1v) is 11.1. The minimum absolute atomic E-state index is 0.0371. The number of sulfonamides is 1. The third kappa shape index (κ3) is 4.78. The van der Waals surface area contributed by atoms with Crippen molar-refractivity contribution >= 4 is 38.9 Å². The van der Waals surface area contributed by atoms with Crippen molar-refractivity contribution in [3.63, 3.8) is 0 Å². The van der Waals surface area contributed by atoms with Gasteiger partial charge >= 0.3 is 0 Å². The van der Waals surface area contributed by atoms with Crippen molar-refractivity contribution in [3.05, 3.63) is 63.2 Å². The zero-order chi connectivity index (χ0) is 21.9. The van der Waals surface area contributed by atoms with Gasteiger partial charge in [0.2, 0.25) is 10.0 Å². The molecule has 0 saturated carbocycles. The molecule has 0 unspecified atom stereocenters. The van der Waals surface area contributed by atoms with E-state index >= 15 is 0 Å². The molecule has 160 valence electrons. The van der Waals surface area contributed by atoms with Crippen LogP contribution >= 0.6 is 11.6 Å². The molecule has 30 heavy (non-hydrogen) atoms. The van der Waals surface area contributed by atoms with Crippen LogP contribution in [0.15, 0.2) is 47.4 Å². The molecule has 0 aliphatic carbocycles. The highest BCUT2D eigenvalue weighted by Gasteiger charge is 2.28. The van der Waals surface area contributed by atoms with Crippen LogP contribution in [0.5, 0.6) is 0 Å². The van der Waals surface area contributed by atoms with Crippen LogP contribution in [-0.4, -0.2) is 61.2 Å². The predicted octanol–water partition coefficient (Wildman–Crippen LogP) is 2.83. The molecule has 0 bridgehead atoms. The Morgan fingerprint density at radius 3 is 2.50 bits per heavy atom. The lowest BCUT2D eigenvalue weighted by Crippen LogP contribution is -2.48. The van der Waals surface area contributed by atoms with Gasteiger partial charge in [0, 0.05) is 43.5 Å². The molecule has 0 radical (unpaired) electrons. The first-order chi connectivity index (χ1) is 14.2. The molecule has 1 aliphatic rings. The number of hydrogen-bond acceptors (Lipinski definition) is 6. The summed E-state index contributed by atoms with van der Waals surface area (Å²) >= 11 is 5.77. The Labute approximate surface area is 179 Å². The van der Waals surface area contributed by atoms with Gasteiger partial charge in [-0.25, -0.2) is 8.42 Å². The van der Waals surface area contributed by atoms with Gasteiger partial charge in [-0.3, -0.25) is 14.9 Å². The highest BCUT2D eigenvalue weighted by molar-refractivity contribution is 7.89. The number of carbonyl (C=O) groups is 1. The van der Waals surface area contributed by atoms with Crippen LogP contribution in [0.4, 0.5) is 11.4 Å². The number of hydrogen-bond donors (Lipinski definition) is 1. The number of carbonyl (C=O) groups excluding carboxylic acids is 1. The molecular formula is C19H21ClN4O5S. The number of amides is 1. The maximum atomic E-state index is 13.0. The Kier molecular flexibility index (Phi) is 6.71. The fourth-order valence-electron chi connectivity index (χ4n) is 3.17. The number of nitrogens with one attached hydrogen (secondary N) is 1. The zero-order valence-electron chi connectivity index (χ0n) is 16.2. The van der Waals surface area contributed by atoms with Crippen LogP contribution < -0.4 is 5.32 Å². The van der Waals surface area contributed by atoms with Gasteiger partial charge in [0.25, 0.3) is 11.6 Å². The normalized spacial score (nSPS) is 15.7. The second-order valence-electron chi connectivity index (χ2n) is 6.74. The molecule has 0 atom stereocenters. The molecule has 1 fully saturated rings. The number of rotatable bonds is 6. The predicted molar refractivity (Wildman–Crippen MR) is 113 cm³/mol. The number of likely N-dealkylation sites (N-methyl/N-ethyl adjacent to an activating group) is 1. The molecule has 11 heteroatoms. The molecule has 1 aliphatic heterocycles. The monoisotopic (exact) mass is 452 g/mol. The summed E-state index contributed by atoms with van der Waals surface area (Å²) in [5.74, 6) is -0.610. The van der Waals surface area contributed by atoms with Crippen molar-refractivity contribution in [1.82, 2.24) is 9.21 Å². The van der Waals surface area contributed by atoms with Gasteiger partial charge in [0.05, 0.1) is 9.82 Å². The maximum absolute atomic E-state index is 13.0. The molecule has 1 N–H and O–H groups in total. The average Bonchev–Trinajstić information content (AvgIpc) is 2.74. The van der Waals surface area contributed by atoms with Gasteiger partial charge in [-0.2, -0.15) is 4.31 Å². The summed E-state index contributed by atoms with van der Waals surface area (Å²) in [5, 5.41) is 13.5. The van der Waals surface area contributed by atoms with E-state index < -0.39 is 20.9 Å². The van der Waals surface area contributed by atoms with Gasteiger partial charge in [-0.15, -0.1) is 0 Å². The van der Waals surface area contributed by atoms with E-state index in [0.29, 0.717) is 26.2 Å². The molecule has 1 amide bonds. The van der Waals surface area contributed by atoms with Gasteiger partial charge in [-0.1, -0.05) is 24.6 Å². The second-order valence-corrected chi connectivity index (χ2v) is 9.09. The maximum Gasteiger partial charge on any atom is 0.288 e. The Morgan fingerprint density at radius 1 is 1.17 bits per heavy atom. The minimum Gasteiger partial charge on any atom is -0.322 e. The van der Waals surface area contributed by atoms with Crippen LogP contribution in [-0.2, 0) is 10.0 Å². The van der Waals surface area contributed by atoms with Crippen molar-refractivity contribution in [1.29, 1.82) is 0 Å². The molecule has 0 spiro atoms. The summed E-state index contributed by atoms with van der Waals surface area (Å²) < 4.78 is 27.3. The number of nitro benzene ring substituents is 1. The quantitative estimate of drug-likeness (QED) is 0.532. The lowest BCUT2D eigenvalue weighted by atomic mass is 10.2. The summed E-state index contributed by atoms with van der Waals surface area (Å²) in [6.45, 7) is 5.05. The van der Waals surface area contributed by atoms with Gasteiger partial charge in [-0.05, 0) is 36.9 Å². The zero-order valence-corrected chi connectivity index (χ0v) is 17.8. The Morgan fingerprint density at radius 2 is 1.87 bits per heavy atom. The number of nitro groups is 1. The smallest absolute Gasteiger partial charge is 0.288 e. The van der Waals surface area contributed by atoms with Crippen LogP contribution in [0.1, 0.15) is 17.3 Å². The summed E-state index contributed by atoms with van der Waals surface area (Å²) in [5.41, 5.74) is -0.0761. The SMILES string of the molecule is CCN1CCN(S(=O)(=O)c2cccc(NC(=O)c3ccc(Cl)c([N+](=O)[O-])c3)c2)CC1. The number of benzene rings is 2. The van der Waals surface area contributed by atoms with E-state index in [4.69, 9.17) is 11.6 Å². The first-order valence-electron chi connectivity index (χ1n) is 9.30. The van der Waals surface area contributed by atoms with E-state index in [2.05, 4.69) is 10.2 Å². The molecular weight excluding hydrogens is 432 g/mol. The Balaban J connectivity index is 1.78. The van der Waals surface area contributed by atoms with E-state index in [1.807, 2.05) is 6.92 Å². The largest absolute Gasteiger partial charge is 0.322 e. The molecule has 9 nitrogen and oxygen atoms in total. The lowest BCUT2D eigenvalue weighted by molar-refractivity contribution is -0.384. The number of halogens is 1. The first kappa shape index (κ1) is 22.2. The second kappa shape index (κ2) is 9.09. The highest BCUT2D eigenvalue weighted by atomic mass is 35.5. The minimum atomic E-state index is -3.69. The summed E-state index contributed by atoms with van der Waals surface area (Å²) in [4.78, 5) is 25.1. The van der Waals surface area contributed by atoms with Gasteiger partial charge in [0.1, 0.15) is 5.02 Å². The standard InChI is InChI=1S/C19H21ClN4O5S/c1-2-22-8-10-23(11-9-22)30(28,29)16-5-3-4-15(13-16)21-19(25)14-6-7-17(20)18(12-14)24(26)27/h3-7,12-13H,2,8-11H2,1H3,(H,21,25). The Bertz CT molecular complexity index is 1070. The number of nitrogens with zero attached hydrogens (tertiary/aromatic N) is 3. The van der Waals surface area contributed by atoms with Crippen molar-refractivity contribution in [2.45, 2.75) is 11.8 Å². The summed E-state index contributed by atoms with van der Waals surface area (Å²) in [6.07, 6.45) is 0. The molecule has 1 saturated heterocycles. The third-order valence-electron chi connectivity index (χ3n) is 4.91. The van der Waals surface area contributed by atoms with E-state index in [1.54, 1.807) is 6.07 Å². The fraction of sp³-hybridized carbons (Fsp3) is 0.316. The number of anilines is 1. The molecule has 2 aromatic rings. The van der Waals surface area contributed by atoms with Crippen LogP contribution in [0.25, 0.3) is 0 Å². The van der Waals surface area contributed by atoms with Gasteiger partial charge in [0.15, 0.2) is 0 Å². The van der Waals surface area contributed by atoms with Crippen LogP contribution in [0.3, 0.4) is 0 Å². The lowest BCUT2D eigenvalue weighted by Gasteiger charge is -2.33. The Hall–Kier alpha value is -2.53. The highest BCUT2D eigenvalue weighted by Crippen LogP contribution is 2.26.